The summed E-state index contributed by atoms with van der Waals surface area (Å²) in [6, 6.07) is 0. The minimum atomic E-state index is -3.19. The van der Waals surface area contributed by atoms with E-state index in [2.05, 4.69) is 0 Å². The molecular weight excluding hydrogens is 250 g/mol. The van der Waals surface area contributed by atoms with Gasteiger partial charge in [0.05, 0.1) is 0 Å². The lowest BCUT2D eigenvalue weighted by atomic mass is 10.2. The number of carbonyl (C=O) groups excluding carboxylic acids is 1. The first-order valence-corrected chi connectivity index (χ1v) is 7.87. The molecule has 1 aliphatic heterocycles. The Morgan fingerprint density at radius 2 is 2.19 bits per heavy atom. The second-order valence-corrected chi connectivity index (χ2v) is 7.47. The number of carbonyl (C=O) groups is 1. The zero-order valence-electron chi connectivity index (χ0n) is 9.65. The summed E-state index contributed by atoms with van der Waals surface area (Å²) in [5.74, 6) is 0.194. The predicted octanol–water partition coefficient (Wildman–Crippen LogP) is -0.261. The molecule has 0 aromatic carbocycles. The highest BCUT2D eigenvalue weighted by atomic mass is 32.2. The van der Waals surface area contributed by atoms with E-state index in [0.717, 1.165) is 0 Å². The molecule has 0 bridgehead atoms. The van der Waals surface area contributed by atoms with Crippen LogP contribution in [0, 0.1) is 0 Å². The minimum Gasteiger partial charge on any atom is -0.438 e. The lowest BCUT2D eigenvalue weighted by Gasteiger charge is -2.42. The van der Waals surface area contributed by atoms with Crippen LogP contribution in [-0.4, -0.2) is 53.0 Å². The highest BCUT2D eigenvalue weighted by Crippen LogP contribution is 2.30. The highest BCUT2D eigenvalue weighted by molar-refractivity contribution is 7.98. The molecule has 8 heteroatoms. The number of cyclic esters (lactones) is 1. The average Bonchev–Trinajstić information content (AvgIpc) is 2.31. The van der Waals surface area contributed by atoms with Crippen LogP contribution in [0.2, 0.25) is 0 Å². The van der Waals surface area contributed by atoms with Crippen LogP contribution in [0.4, 0.5) is 0 Å². The van der Waals surface area contributed by atoms with Crippen molar-refractivity contribution in [2.45, 2.75) is 11.6 Å². The SMILES string of the molecule is CO[Si]1(OC)OCOC(=O)C1(N)CCSC. The lowest BCUT2D eigenvalue weighted by Crippen LogP contribution is -2.76. The highest BCUT2D eigenvalue weighted by Gasteiger charge is 2.66. The van der Waals surface area contributed by atoms with Crippen molar-refractivity contribution in [2.75, 3.05) is 33.0 Å². The molecule has 94 valence electrons. The molecule has 16 heavy (non-hydrogen) atoms. The number of thioether (sulfide) groups is 1. The quantitative estimate of drug-likeness (QED) is 0.543. The van der Waals surface area contributed by atoms with E-state index in [1.165, 1.54) is 14.2 Å². The van der Waals surface area contributed by atoms with Gasteiger partial charge in [0.15, 0.2) is 12.0 Å². The van der Waals surface area contributed by atoms with Gasteiger partial charge in [0.25, 0.3) is 0 Å². The molecule has 1 saturated heterocycles. The number of nitrogens with two attached hydrogens (primary N) is 1. The van der Waals surface area contributed by atoms with Crippen LogP contribution in [0.5, 0.6) is 0 Å². The molecule has 2 N–H and O–H groups in total. The monoisotopic (exact) mass is 267 g/mol. The fourth-order valence-electron chi connectivity index (χ4n) is 1.63. The molecule has 0 amide bonds. The lowest BCUT2D eigenvalue weighted by molar-refractivity contribution is -0.169. The molecule has 1 rings (SSSR count). The molecule has 1 heterocycles. The molecule has 0 spiro atoms. The van der Waals surface area contributed by atoms with E-state index >= 15 is 0 Å². The van der Waals surface area contributed by atoms with Crippen molar-refractivity contribution >= 4 is 26.5 Å². The van der Waals surface area contributed by atoms with Gasteiger partial charge in [-0.1, -0.05) is 0 Å². The first-order chi connectivity index (χ1) is 7.56. The summed E-state index contributed by atoms with van der Waals surface area (Å²) >= 11 is 1.59. The van der Waals surface area contributed by atoms with Crippen LogP contribution >= 0.6 is 11.8 Å². The fourth-order valence-corrected chi connectivity index (χ4v) is 4.69. The molecule has 1 aliphatic rings. The molecule has 0 aliphatic carbocycles. The van der Waals surface area contributed by atoms with Crippen LogP contribution in [0.25, 0.3) is 0 Å². The molecule has 0 aromatic heterocycles. The predicted molar refractivity (Wildman–Crippen MR) is 61.7 cm³/mol. The van der Waals surface area contributed by atoms with Crippen molar-refractivity contribution in [1.82, 2.24) is 0 Å². The van der Waals surface area contributed by atoms with Crippen molar-refractivity contribution in [3.05, 3.63) is 0 Å². The summed E-state index contributed by atoms with van der Waals surface area (Å²) in [4.78, 5) is 11.8. The Bertz CT molecular complexity index is 263. The van der Waals surface area contributed by atoms with E-state index in [1.54, 1.807) is 11.8 Å². The maximum Gasteiger partial charge on any atom is 0.535 e. The smallest absolute Gasteiger partial charge is 0.438 e. The van der Waals surface area contributed by atoms with Crippen molar-refractivity contribution in [3.63, 3.8) is 0 Å². The molecule has 1 fully saturated rings. The van der Waals surface area contributed by atoms with Crippen LogP contribution in [0.15, 0.2) is 0 Å². The molecule has 1 unspecified atom stereocenters. The Labute approximate surface area is 100 Å². The second-order valence-electron chi connectivity index (χ2n) is 3.37. The summed E-state index contributed by atoms with van der Waals surface area (Å²) in [6.07, 6.45) is 2.34. The zero-order valence-corrected chi connectivity index (χ0v) is 11.5. The van der Waals surface area contributed by atoms with Gasteiger partial charge in [0.2, 0.25) is 0 Å². The third-order valence-corrected chi connectivity index (χ3v) is 6.32. The van der Waals surface area contributed by atoms with E-state index in [1.807, 2.05) is 6.26 Å². The van der Waals surface area contributed by atoms with Gasteiger partial charge in [0, 0.05) is 14.2 Å². The Morgan fingerprint density at radius 3 is 2.69 bits per heavy atom. The third-order valence-electron chi connectivity index (χ3n) is 2.59. The average molecular weight is 267 g/mol. The fraction of sp³-hybridized carbons (Fsp3) is 0.875. The maximum atomic E-state index is 11.8. The molecule has 1 atom stereocenters. The van der Waals surface area contributed by atoms with Gasteiger partial charge < -0.3 is 23.7 Å². The minimum absolute atomic E-state index is 0.162. The second kappa shape index (κ2) is 5.47. The van der Waals surface area contributed by atoms with E-state index < -0.39 is 19.9 Å². The van der Waals surface area contributed by atoms with E-state index in [0.29, 0.717) is 12.2 Å². The van der Waals surface area contributed by atoms with Crippen LogP contribution in [0.1, 0.15) is 6.42 Å². The van der Waals surface area contributed by atoms with Crippen molar-refractivity contribution < 1.29 is 22.8 Å². The topological polar surface area (TPSA) is 80.0 Å². The summed E-state index contributed by atoms with van der Waals surface area (Å²) in [7, 11) is -0.316. The normalized spacial score (nSPS) is 28.9. The van der Waals surface area contributed by atoms with E-state index in [4.69, 9.17) is 23.7 Å². The Morgan fingerprint density at radius 1 is 1.56 bits per heavy atom. The van der Waals surface area contributed by atoms with Gasteiger partial charge in [-0.2, -0.15) is 11.8 Å². The molecular formula is C8H17NO5SSi. The third kappa shape index (κ3) is 2.13. The number of rotatable bonds is 5. The van der Waals surface area contributed by atoms with E-state index in [9.17, 15) is 4.79 Å². The van der Waals surface area contributed by atoms with E-state index in [-0.39, 0.29) is 6.79 Å². The van der Waals surface area contributed by atoms with Gasteiger partial charge in [0.1, 0.15) is 0 Å². The molecule has 0 saturated carbocycles. The van der Waals surface area contributed by atoms with Gasteiger partial charge in [-0.05, 0) is 18.4 Å². The Balaban J connectivity index is 2.98. The number of esters is 1. The maximum absolute atomic E-state index is 11.8. The van der Waals surface area contributed by atoms with Crippen LogP contribution < -0.4 is 5.73 Å². The first-order valence-electron chi connectivity index (χ1n) is 4.75. The number of hydrogen-bond donors (Lipinski definition) is 1. The molecule has 0 aromatic rings. The van der Waals surface area contributed by atoms with Gasteiger partial charge in [-0.15, -0.1) is 0 Å². The molecule has 0 radical (unpaired) electrons. The standard InChI is InChI=1S/C8H17NO5SSi/c1-11-16(12-2)8(9,4-5-15-3)7(10)13-6-14-16/h4-6,9H2,1-3H3. The number of hydrogen-bond acceptors (Lipinski definition) is 7. The summed E-state index contributed by atoms with van der Waals surface area (Å²) in [6.45, 7) is -0.162. The van der Waals surface area contributed by atoms with Crippen LogP contribution in [0.3, 0.4) is 0 Å². The first kappa shape index (κ1) is 13.9. The van der Waals surface area contributed by atoms with Crippen molar-refractivity contribution in [1.29, 1.82) is 0 Å². The van der Waals surface area contributed by atoms with Gasteiger partial charge in [-0.3, -0.25) is 4.79 Å². The summed E-state index contributed by atoms with van der Waals surface area (Å²) < 4.78 is 20.7. The van der Waals surface area contributed by atoms with Crippen molar-refractivity contribution in [3.8, 4) is 0 Å². The number of ether oxygens (including phenoxy) is 1. The Kier molecular flexibility index (Phi) is 4.77. The van der Waals surface area contributed by atoms with Crippen LogP contribution in [-0.2, 0) is 22.8 Å². The zero-order chi connectivity index (χ0) is 12.2. The van der Waals surface area contributed by atoms with Crippen molar-refractivity contribution in [2.24, 2.45) is 5.73 Å². The summed E-state index contributed by atoms with van der Waals surface area (Å²) in [5.41, 5.74) is 6.09. The molecule has 6 nitrogen and oxygen atoms in total. The largest absolute Gasteiger partial charge is 0.535 e. The Hall–Kier alpha value is -0.123. The van der Waals surface area contributed by atoms with Gasteiger partial charge in [-0.25, -0.2) is 0 Å². The summed E-state index contributed by atoms with van der Waals surface area (Å²) in [5, 5.41) is -1.31. The van der Waals surface area contributed by atoms with Gasteiger partial charge >= 0.3 is 14.8 Å².